The van der Waals surface area contributed by atoms with Gasteiger partial charge in [0.1, 0.15) is 11.5 Å². The third kappa shape index (κ3) is 3.86. The molecule has 2 N–H and O–H groups in total. The molecular weight excluding hydrogens is 238 g/mol. The molecule has 1 heterocycles. The van der Waals surface area contributed by atoms with Gasteiger partial charge in [0.05, 0.1) is 12.9 Å². The number of benzene rings is 1. The molecule has 102 valence electrons. The highest BCUT2D eigenvalue weighted by atomic mass is 16.5. The van der Waals surface area contributed by atoms with Crippen LogP contribution in [0.3, 0.4) is 0 Å². The maximum absolute atomic E-state index is 5.89. The van der Waals surface area contributed by atoms with E-state index in [2.05, 4.69) is 19.1 Å². The van der Waals surface area contributed by atoms with Gasteiger partial charge in [0.2, 0.25) is 0 Å². The quantitative estimate of drug-likeness (QED) is 0.829. The van der Waals surface area contributed by atoms with Gasteiger partial charge >= 0.3 is 0 Å². The van der Waals surface area contributed by atoms with E-state index in [9.17, 15) is 0 Å². The number of nitrogens with two attached hydrogens (primary N) is 1. The predicted molar refractivity (Wildman–Crippen MR) is 76.4 cm³/mol. The normalized spacial score (nSPS) is 12.3. The topological polar surface area (TPSA) is 48.4 Å². The van der Waals surface area contributed by atoms with Crippen molar-refractivity contribution in [2.24, 2.45) is 5.73 Å². The highest BCUT2D eigenvalue weighted by Gasteiger charge is 2.13. The molecule has 0 spiro atoms. The zero-order valence-electron chi connectivity index (χ0n) is 11.3. The van der Waals surface area contributed by atoms with Crippen molar-refractivity contribution in [1.29, 1.82) is 0 Å². The number of hydrogen-bond donors (Lipinski definition) is 1. The maximum atomic E-state index is 5.89. The van der Waals surface area contributed by atoms with Gasteiger partial charge < -0.3 is 14.9 Å². The highest BCUT2D eigenvalue weighted by molar-refractivity contribution is 5.31. The summed E-state index contributed by atoms with van der Waals surface area (Å²) in [5.41, 5.74) is 7.09. The lowest BCUT2D eigenvalue weighted by atomic mass is 9.94. The Hall–Kier alpha value is -1.74. The van der Waals surface area contributed by atoms with Gasteiger partial charge in [0.25, 0.3) is 0 Å². The van der Waals surface area contributed by atoms with Crippen LogP contribution in [-0.2, 0) is 6.42 Å². The second kappa shape index (κ2) is 7.00. The van der Waals surface area contributed by atoms with Crippen molar-refractivity contribution >= 4 is 0 Å². The van der Waals surface area contributed by atoms with Crippen LogP contribution >= 0.6 is 0 Å². The van der Waals surface area contributed by atoms with E-state index in [-0.39, 0.29) is 5.92 Å². The minimum atomic E-state index is 0.260. The van der Waals surface area contributed by atoms with Gasteiger partial charge in [-0.15, -0.1) is 0 Å². The predicted octanol–water partition coefficient (Wildman–Crippen LogP) is 3.35. The number of rotatable bonds is 7. The summed E-state index contributed by atoms with van der Waals surface area (Å²) in [7, 11) is 0. The van der Waals surface area contributed by atoms with Crippen LogP contribution in [0.5, 0.6) is 5.75 Å². The molecule has 1 atom stereocenters. The first-order chi connectivity index (χ1) is 9.33. The molecule has 19 heavy (non-hydrogen) atoms. The van der Waals surface area contributed by atoms with Crippen LogP contribution in [0.15, 0.2) is 47.1 Å². The van der Waals surface area contributed by atoms with Crippen molar-refractivity contribution in [3.63, 3.8) is 0 Å². The van der Waals surface area contributed by atoms with Crippen LogP contribution in [0.4, 0.5) is 0 Å². The lowest BCUT2D eigenvalue weighted by molar-refractivity contribution is 0.317. The van der Waals surface area contributed by atoms with Gasteiger partial charge in [-0.05, 0) is 42.8 Å². The second-order valence-corrected chi connectivity index (χ2v) is 4.64. The summed E-state index contributed by atoms with van der Waals surface area (Å²) in [6, 6.07) is 12.1. The molecule has 1 aromatic carbocycles. The van der Waals surface area contributed by atoms with Crippen molar-refractivity contribution in [3.05, 3.63) is 54.0 Å². The zero-order valence-corrected chi connectivity index (χ0v) is 11.3. The maximum Gasteiger partial charge on any atom is 0.119 e. The van der Waals surface area contributed by atoms with E-state index in [4.69, 9.17) is 14.9 Å². The third-order valence-corrected chi connectivity index (χ3v) is 3.11. The average Bonchev–Trinajstić information content (AvgIpc) is 2.96. The number of ether oxygens (including phenoxy) is 1. The smallest absolute Gasteiger partial charge is 0.119 e. The van der Waals surface area contributed by atoms with E-state index in [1.165, 1.54) is 5.56 Å². The Morgan fingerprint density at radius 3 is 2.84 bits per heavy atom. The number of furan rings is 1. The van der Waals surface area contributed by atoms with Gasteiger partial charge in [0.15, 0.2) is 0 Å². The summed E-state index contributed by atoms with van der Waals surface area (Å²) in [6.45, 7) is 3.44. The second-order valence-electron chi connectivity index (χ2n) is 4.64. The van der Waals surface area contributed by atoms with Gasteiger partial charge in [-0.3, -0.25) is 0 Å². The van der Waals surface area contributed by atoms with Crippen LogP contribution in [0.25, 0.3) is 0 Å². The molecule has 0 saturated carbocycles. The van der Waals surface area contributed by atoms with E-state index < -0.39 is 0 Å². The van der Waals surface area contributed by atoms with Crippen molar-refractivity contribution in [2.75, 3.05) is 13.2 Å². The van der Waals surface area contributed by atoms with E-state index in [0.717, 1.165) is 31.0 Å². The largest absolute Gasteiger partial charge is 0.494 e. The minimum absolute atomic E-state index is 0.260. The van der Waals surface area contributed by atoms with Gasteiger partial charge in [-0.2, -0.15) is 0 Å². The summed E-state index contributed by atoms with van der Waals surface area (Å²) in [6.07, 6.45) is 3.53. The summed E-state index contributed by atoms with van der Waals surface area (Å²) in [5.74, 6) is 2.14. The molecule has 2 aromatic rings. The number of hydrogen-bond acceptors (Lipinski definition) is 3. The standard InChI is InChI=1S/C16H21NO2/c1-2-8-18-15-6-3-5-13(10-15)14(12-17)11-16-7-4-9-19-16/h3-7,9-10,14H,2,8,11-12,17H2,1H3. The third-order valence-electron chi connectivity index (χ3n) is 3.11. The Morgan fingerprint density at radius 1 is 1.26 bits per heavy atom. The first-order valence-corrected chi connectivity index (χ1v) is 6.78. The Morgan fingerprint density at radius 2 is 2.16 bits per heavy atom. The van der Waals surface area contributed by atoms with Gasteiger partial charge in [0, 0.05) is 12.3 Å². The molecule has 0 aliphatic rings. The Balaban J connectivity index is 2.09. The SMILES string of the molecule is CCCOc1cccc(C(CN)Cc2ccco2)c1. The summed E-state index contributed by atoms with van der Waals surface area (Å²) in [5, 5.41) is 0. The van der Waals surface area contributed by atoms with Crippen molar-refractivity contribution < 1.29 is 9.15 Å². The average molecular weight is 259 g/mol. The molecule has 3 nitrogen and oxygen atoms in total. The molecule has 0 saturated heterocycles. The van der Waals surface area contributed by atoms with E-state index in [0.29, 0.717) is 6.54 Å². The molecule has 0 radical (unpaired) electrons. The van der Waals surface area contributed by atoms with E-state index in [1.807, 2.05) is 24.3 Å². The fraction of sp³-hybridized carbons (Fsp3) is 0.375. The Bertz CT molecular complexity index is 479. The molecule has 0 amide bonds. The molecular formula is C16H21NO2. The van der Waals surface area contributed by atoms with Crippen LogP contribution in [0, 0.1) is 0 Å². The van der Waals surface area contributed by atoms with Crippen molar-refractivity contribution in [3.8, 4) is 5.75 Å². The van der Waals surface area contributed by atoms with Gasteiger partial charge in [-0.1, -0.05) is 19.1 Å². The molecule has 0 fully saturated rings. The molecule has 0 aliphatic carbocycles. The van der Waals surface area contributed by atoms with Crippen LogP contribution in [0.1, 0.15) is 30.6 Å². The Labute approximate surface area is 114 Å². The van der Waals surface area contributed by atoms with Crippen molar-refractivity contribution in [2.45, 2.75) is 25.7 Å². The zero-order chi connectivity index (χ0) is 13.5. The van der Waals surface area contributed by atoms with Gasteiger partial charge in [-0.25, -0.2) is 0 Å². The molecule has 2 rings (SSSR count). The monoisotopic (exact) mass is 259 g/mol. The molecule has 3 heteroatoms. The van der Waals surface area contributed by atoms with Crippen LogP contribution < -0.4 is 10.5 Å². The first kappa shape index (κ1) is 13.7. The van der Waals surface area contributed by atoms with Crippen molar-refractivity contribution in [1.82, 2.24) is 0 Å². The minimum Gasteiger partial charge on any atom is -0.494 e. The fourth-order valence-electron chi connectivity index (χ4n) is 2.09. The summed E-state index contributed by atoms with van der Waals surface area (Å²) in [4.78, 5) is 0. The lowest BCUT2D eigenvalue weighted by Crippen LogP contribution is -2.15. The fourth-order valence-corrected chi connectivity index (χ4v) is 2.09. The molecule has 0 aliphatic heterocycles. The first-order valence-electron chi connectivity index (χ1n) is 6.78. The van der Waals surface area contributed by atoms with Crippen LogP contribution in [0.2, 0.25) is 0 Å². The Kier molecular flexibility index (Phi) is 5.04. The molecule has 1 unspecified atom stereocenters. The summed E-state index contributed by atoms with van der Waals surface area (Å²) >= 11 is 0. The van der Waals surface area contributed by atoms with E-state index in [1.54, 1.807) is 6.26 Å². The van der Waals surface area contributed by atoms with Crippen LogP contribution in [-0.4, -0.2) is 13.2 Å². The summed E-state index contributed by atoms with van der Waals surface area (Å²) < 4.78 is 11.1. The molecule has 1 aromatic heterocycles. The highest BCUT2D eigenvalue weighted by Crippen LogP contribution is 2.24. The molecule has 0 bridgehead atoms. The lowest BCUT2D eigenvalue weighted by Gasteiger charge is -2.15. The van der Waals surface area contributed by atoms with E-state index >= 15 is 0 Å².